The van der Waals surface area contributed by atoms with Crippen molar-refractivity contribution < 1.29 is 0 Å². The van der Waals surface area contributed by atoms with E-state index in [1.165, 1.54) is 64.2 Å². The maximum atomic E-state index is 2.66. The predicted octanol–water partition coefficient (Wildman–Crippen LogP) is 5.39. The Morgan fingerprint density at radius 2 is 1.82 bits per heavy atom. The van der Waals surface area contributed by atoms with E-state index >= 15 is 0 Å². The van der Waals surface area contributed by atoms with E-state index in [1.807, 2.05) is 0 Å². The monoisotopic (exact) mass is 231 g/mol. The molecule has 0 aromatic rings. The van der Waals surface area contributed by atoms with Gasteiger partial charge in [-0.25, -0.2) is 0 Å². The van der Waals surface area contributed by atoms with E-state index in [0.29, 0.717) is 0 Å². The number of hydrogen-bond donors (Lipinski definition) is 0. The minimum absolute atomic E-state index is 0.904. The molecule has 0 aliphatic carbocycles. The van der Waals surface area contributed by atoms with Gasteiger partial charge in [0.1, 0.15) is 7.28 Å². The largest absolute Gasteiger partial charge is 0.117 e. The Balaban J connectivity index is 1.63. The summed E-state index contributed by atoms with van der Waals surface area (Å²) in [6, 6.07) is 0. The Morgan fingerprint density at radius 1 is 1.06 bits per heavy atom. The molecule has 2 bridgehead atoms. The van der Waals surface area contributed by atoms with Gasteiger partial charge in [0.15, 0.2) is 0 Å². The van der Waals surface area contributed by atoms with E-state index in [2.05, 4.69) is 26.4 Å². The molecule has 0 amide bonds. The standard InChI is InChI=1S/C16H28B/c1-2-3-4-5-6-7-9-14-12-15-10-8-11-16(13-14)17-15/h7,9,14-16H,2-6,8,10-13H2,1H3/b9-7+. The van der Waals surface area contributed by atoms with Gasteiger partial charge < -0.3 is 0 Å². The third kappa shape index (κ3) is 4.52. The third-order valence-corrected chi connectivity index (χ3v) is 4.54. The maximum Gasteiger partial charge on any atom is 0.117 e. The van der Waals surface area contributed by atoms with Gasteiger partial charge in [0, 0.05) is 0 Å². The lowest BCUT2D eigenvalue weighted by Crippen LogP contribution is -2.26. The molecule has 2 fully saturated rings. The third-order valence-electron chi connectivity index (χ3n) is 4.54. The molecule has 2 rings (SSSR count). The fraction of sp³-hybridized carbons (Fsp3) is 0.875. The van der Waals surface area contributed by atoms with Crippen LogP contribution in [0, 0.1) is 5.92 Å². The first-order valence-corrected chi connectivity index (χ1v) is 7.90. The average molecular weight is 231 g/mol. The molecule has 0 nitrogen and oxygen atoms in total. The van der Waals surface area contributed by atoms with Crippen LogP contribution in [0.2, 0.25) is 11.6 Å². The highest BCUT2D eigenvalue weighted by Crippen LogP contribution is 2.44. The quantitative estimate of drug-likeness (QED) is 0.326. The molecule has 1 radical (unpaired) electrons. The van der Waals surface area contributed by atoms with E-state index < -0.39 is 0 Å². The van der Waals surface area contributed by atoms with Crippen LogP contribution in [0.1, 0.15) is 71.1 Å². The first-order chi connectivity index (χ1) is 8.38. The lowest BCUT2D eigenvalue weighted by atomic mass is 9.42. The molecule has 0 aromatic carbocycles. The van der Waals surface area contributed by atoms with Crippen LogP contribution >= 0.6 is 0 Å². The highest BCUT2D eigenvalue weighted by molar-refractivity contribution is 6.40. The van der Waals surface area contributed by atoms with Crippen molar-refractivity contribution in [3.63, 3.8) is 0 Å². The van der Waals surface area contributed by atoms with Gasteiger partial charge >= 0.3 is 0 Å². The molecule has 0 N–H and O–H groups in total. The van der Waals surface area contributed by atoms with Crippen molar-refractivity contribution in [2.45, 2.75) is 82.8 Å². The SMILES string of the molecule is CCCCCC/C=C/C1CC2[B]C(CCC2)C1. The molecule has 2 aliphatic heterocycles. The molecule has 2 aliphatic rings. The van der Waals surface area contributed by atoms with Crippen LogP contribution in [0.3, 0.4) is 0 Å². The number of hydrogen-bond acceptors (Lipinski definition) is 0. The summed E-state index contributed by atoms with van der Waals surface area (Å²) in [6.45, 7) is 2.28. The number of fused-ring (bicyclic) bond motifs is 2. The molecular formula is C16H28B. The van der Waals surface area contributed by atoms with Crippen molar-refractivity contribution in [1.82, 2.24) is 0 Å². The second-order valence-electron chi connectivity index (χ2n) is 6.15. The summed E-state index contributed by atoms with van der Waals surface area (Å²) in [5.74, 6) is 2.82. The highest BCUT2D eigenvalue weighted by atomic mass is 14.3. The van der Waals surface area contributed by atoms with Crippen molar-refractivity contribution >= 4 is 7.28 Å². The molecule has 0 saturated carbocycles. The molecule has 0 spiro atoms. The Bertz CT molecular complexity index is 222. The number of rotatable bonds is 6. The molecular weight excluding hydrogens is 203 g/mol. The van der Waals surface area contributed by atoms with E-state index in [0.717, 1.165) is 17.6 Å². The van der Waals surface area contributed by atoms with Crippen molar-refractivity contribution in [3.05, 3.63) is 12.2 Å². The smallest absolute Gasteiger partial charge is 0.0883 e. The Kier molecular flexibility index (Phi) is 5.68. The molecule has 2 unspecified atom stereocenters. The summed E-state index contributed by atoms with van der Waals surface area (Å²) in [5.41, 5.74) is 0. The van der Waals surface area contributed by atoms with Crippen LogP contribution in [0.4, 0.5) is 0 Å². The first-order valence-electron chi connectivity index (χ1n) is 7.90. The number of allylic oxidation sites excluding steroid dienone is 2. The minimum atomic E-state index is 0.904. The second-order valence-corrected chi connectivity index (χ2v) is 6.15. The van der Waals surface area contributed by atoms with Gasteiger partial charge in [0.05, 0.1) is 0 Å². The molecule has 2 saturated heterocycles. The fourth-order valence-electron chi connectivity index (χ4n) is 3.62. The second kappa shape index (κ2) is 7.29. The van der Waals surface area contributed by atoms with Crippen LogP contribution in [-0.2, 0) is 0 Å². The Hall–Kier alpha value is -0.195. The normalized spacial score (nSPS) is 32.6. The van der Waals surface area contributed by atoms with Crippen molar-refractivity contribution in [1.29, 1.82) is 0 Å². The zero-order chi connectivity index (χ0) is 11.9. The van der Waals surface area contributed by atoms with E-state index in [-0.39, 0.29) is 0 Å². The van der Waals surface area contributed by atoms with Gasteiger partial charge in [-0.15, -0.1) is 0 Å². The van der Waals surface area contributed by atoms with E-state index in [1.54, 1.807) is 0 Å². The molecule has 0 aromatic heterocycles. The van der Waals surface area contributed by atoms with Crippen LogP contribution in [0.5, 0.6) is 0 Å². The van der Waals surface area contributed by atoms with Gasteiger partial charge in [-0.1, -0.05) is 82.1 Å². The van der Waals surface area contributed by atoms with Gasteiger partial charge in [0.2, 0.25) is 0 Å². The first kappa shape index (κ1) is 13.2. The molecule has 1 heteroatoms. The molecule has 17 heavy (non-hydrogen) atoms. The molecule has 95 valence electrons. The number of unbranched alkanes of at least 4 members (excludes halogenated alkanes) is 4. The van der Waals surface area contributed by atoms with Crippen LogP contribution in [-0.4, -0.2) is 7.28 Å². The molecule has 2 atom stereocenters. The Labute approximate surface area is 108 Å². The van der Waals surface area contributed by atoms with Crippen LogP contribution in [0.25, 0.3) is 0 Å². The summed E-state index contributed by atoms with van der Waals surface area (Å²) >= 11 is 0. The Morgan fingerprint density at radius 3 is 2.53 bits per heavy atom. The average Bonchev–Trinajstić information content (AvgIpc) is 2.33. The van der Waals surface area contributed by atoms with Crippen molar-refractivity contribution in [2.75, 3.05) is 0 Å². The fourth-order valence-corrected chi connectivity index (χ4v) is 3.62. The summed E-state index contributed by atoms with van der Waals surface area (Å²) in [4.78, 5) is 0. The highest BCUT2D eigenvalue weighted by Gasteiger charge is 2.31. The van der Waals surface area contributed by atoms with Gasteiger partial charge in [-0.05, 0) is 18.8 Å². The zero-order valence-electron chi connectivity index (χ0n) is 11.5. The van der Waals surface area contributed by atoms with Crippen LogP contribution in [0.15, 0.2) is 12.2 Å². The van der Waals surface area contributed by atoms with Crippen LogP contribution < -0.4 is 0 Å². The maximum absolute atomic E-state index is 2.66. The van der Waals surface area contributed by atoms with E-state index in [4.69, 9.17) is 0 Å². The van der Waals surface area contributed by atoms with Crippen molar-refractivity contribution in [2.24, 2.45) is 5.92 Å². The predicted molar refractivity (Wildman–Crippen MR) is 77.7 cm³/mol. The topological polar surface area (TPSA) is 0 Å². The van der Waals surface area contributed by atoms with E-state index in [9.17, 15) is 0 Å². The van der Waals surface area contributed by atoms with Gasteiger partial charge in [0.25, 0.3) is 0 Å². The summed E-state index contributed by atoms with van der Waals surface area (Å²) in [7, 11) is 2.66. The van der Waals surface area contributed by atoms with Gasteiger partial charge in [-0.2, -0.15) is 0 Å². The zero-order valence-corrected chi connectivity index (χ0v) is 11.5. The van der Waals surface area contributed by atoms with Gasteiger partial charge in [-0.3, -0.25) is 0 Å². The lowest BCUT2D eigenvalue weighted by molar-refractivity contribution is 0.392. The summed E-state index contributed by atoms with van der Waals surface area (Å²) in [6.07, 6.45) is 19.2. The summed E-state index contributed by atoms with van der Waals surface area (Å²) < 4.78 is 0. The minimum Gasteiger partial charge on any atom is -0.0883 e. The molecule has 2 heterocycles. The lowest BCUT2D eigenvalue weighted by Gasteiger charge is -2.37. The summed E-state index contributed by atoms with van der Waals surface area (Å²) in [5, 5.41) is 0. The van der Waals surface area contributed by atoms with Crippen molar-refractivity contribution in [3.8, 4) is 0 Å².